The van der Waals surface area contributed by atoms with Gasteiger partial charge in [-0.2, -0.15) is 0 Å². The van der Waals surface area contributed by atoms with Crippen molar-refractivity contribution in [3.05, 3.63) is 12.7 Å². The largest absolute Gasteiger partial charge is 0.299 e. The first-order valence-electron chi connectivity index (χ1n) is 4.12. The summed E-state index contributed by atoms with van der Waals surface area (Å²) in [5, 5.41) is 0. The van der Waals surface area contributed by atoms with Crippen LogP contribution < -0.4 is 0 Å². The van der Waals surface area contributed by atoms with Gasteiger partial charge < -0.3 is 0 Å². The van der Waals surface area contributed by atoms with Gasteiger partial charge in [-0.15, -0.1) is 6.58 Å². The Kier molecular flexibility index (Phi) is 4.09. The van der Waals surface area contributed by atoms with E-state index in [1.165, 1.54) is 0 Å². The summed E-state index contributed by atoms with van der Waals surface area (Å²) < 4.78 is 0. The molecular weight excluding hydrogens is 136 g/mol. The highest BCUT2D eigenvalue weighted by Gasteiger charge is 2.19. The molecule has 0 unspecified atom stereocenters. The molecule has 0 rings (SSSR count). The lowest BCUT2D eigenvalue weighted by atomic mass is 9.88. The highest BCUT2D eigenvalue weighted by molar-refractivity contribution is 5.83. The molecule has 0 saturated heterocycles. The first-order valence-corrected chi connectivity index (χ1v) is 4.12. The monoisotopic (exact) mass is 154 g/mol. The first kappa shape index (κ1) is 10.4. The van der Waals surface area contributed by atoms with Gasteiger partial charge in [0.1, 0.15) is 5.78 Å². The van der Waals surface area contributed by atoms with Crippen molar-refractivity contribution in [3.8, 4) is 0 Å². The van der Waals surface area contributed by atoms with Crippen LogP contribution >= 0.6 is 0 Å². The summed E-state index contributed by atoms with van der Waals surface area (Å²) >= 11 is 0. The molecule has 1 heteroatoms. The van der Waals surface area contributed by atoms with Crippen molar-refractivity contribution >= 4 is 5.78 Å². The predicted molar refractivity (Wildman–Crippen MR) is 48.5 cm³/mol. The van der Waals surface area contributed by atoms with Gasteiger partial charge in [-0.3, -0.25) is 4.79 Å². The van der Waals surface area contributed by atoms with Crippen molar-refractivity contribution < 1.29 is 4.79 Å². The van der Waals surface area contributed by atoms with E-state index in [-0.39, 0.29) is 5.41 Å². The second kappa shape index (κ2) is 4.32. The molecule has 0 aromatic heterocycles. The summed E-state index contributed by atoms with van der Waals surface area (Å²) in [6, 6.07) is 0. The molecule has 64 valence electrons. The molecule has 0 aliphatic heterocycles. The number of allylic oxidation sites excluding steroid dienone is 1. The van der Waals surface area contributed by atoms with E-state index in [1.807, 2.05) is 26.8 Å². The molecule has 11 heavy (non-hydrogen) atoms. The molecule has 0 saturated carbocycles. The van der Waals surface area contributed by atoms with Crippen molar-refractivity contribution in [1.29, 1.82) is 0 Å². The number of Topliss-reactive ketones (excluding diaryl/α,β-unsaturated/α-hetero) is 1. The lowest BCUT2D eigenvalue weighted by molar-refractivity contribution is -0.126. The molecule has 0 aliphatic rings. The van der Waals surface area contributed by atoms with E-state index in [0.717, 1.165) is 12.8 Å². The van der Waals surface area contributed by atoms with E-state index in [1.54, 1.807) is 0 Å². The first-order chi connectivity index (χ1) is 4.98. The Bertz CT molecular complexity index is 139. The fourth-order valence-electron chi connectivity index (χ4n) is 0.782. The average Bonchev–Trinajstić information content (AvgIpc) is 1.86. The van der Waals surface area contributed by atoms with Crippen molar-refractivity contribution in [2.45, 2.75) is 40.0 Å². The summed E-state index contributed by atoms with van der Waals surface area (Å²) in [5.74, 6) is 0.347. The van der Waals surface area contributed by atoms with Crippen LogP contribution in [0.5, 0.6) is 0 Å². The molecule has 1 nitrogen and oxygen atoms in total. The van der Waals surface area contributed by atoms with Crippen molar-refractivity contribution in [2.24, 2.45) is 5.41 Å². The SMILES string of the molecule is C=CCCCC(=O)C(C)(C)C. The van der Waals surface area contributed by atoms with Crippen LogP contribution in [-0.2, 0) is 4.79 Å². The number of rotatable bonds is 4. The second-order valence-electron chi connectivity index (χ2n) is 3.85. The van der Waals surface area contributed by atoms with Gasteiger partial charge in [0.15, 0.2) is 0 Å². The third-order valence-corrected chi connectivity index (χ3v) is 1.65. The van der Waals surface area contributed by atoms with E-state index in [9.17, 15) is 4.79 Å². The zero-order valence-corrected chi connectivity index (χ0v) is 7.81. The van der Waals surface area contributed by atoms with Crippen LogP contribution in [0.4, 0.5) is 0 Å². The van der Waals surface area contributed by atoms with Crippen LogP contribution in [0.1, 0.15) is 40.0 Å². The third-order valence-electron chi connectivity index (χ3n) is 1.65. The third kappa shape index (κ3) is 4.77. The van der Waals surface area contributed by atoms with E-state index >= 15 is 0 Å². The normalized spacial score (nSPS) is 11.2. The predicted octanol–water partition coefficient (Wildman–Crippen LogP) is 2.96. The number of hydrogen-bond donors (Lipinski definition) is 0. The van der Waals surface area contributed by atoms with Crippen LogP contribution in [-0.4, -0.2) is 5.78 Å². The van der Waals surface area contributed by atoms with Crippen LogP contribution in [0.3, 0.4) is 0 Å². The zero-order chi connectivity index (χ0) is 8.91. The second-order valence-corrected chi connectivity index (χ2v) is 3.85. The van der Waals surface area contributed by atoms with Crippen LogP contribution in [0.2, 0.25) is 0 Å². The van der Waals surface area contributed by atoms with Gasteiger partial charge in [-0.25, -0.2) is 0 Å². The van der Waals surface area contributed by atoms with Crippen LogP contribution in [0.25, 0.3) is 0 Å². The summed E-state index contributed by atoms with van der Waals surface area (Å²) in [5.41, 5.74) is -0.166. The molecule has 0 aromatic rings. The molecular formula is C10H18O. The Morgan fingerprint density at radius 1 is 1.45 bits per heavy atom. The molecule has 0 N–H and O–H groups in total. The van der Waals surface area contributed by atoms with Crippen molar-refractivity contribution in [1.82, 2.24) is 0 Å². The molecule has 0 bridgehead atoms. The average molecular weight is 154 g/mol. The maximum Gasteiger partial charge on any atom is 0.138 e. The lowest BCUT2D eigenvalue weighted by Crippen LogP contribution is -2.19. The van der Waals surface area contributed by atoms with Crippen molar-refractivity contribution in [3.63, 3.8) is 0 Å². The topological polar surface area (TPSA) is 17.1 Å². The van der Waals surface area contributed by atoms with Crippen LogP contribution in [0.15, 0.2) is 12.7 Å². The van der Waals surface area contributed by atoms with Gasteiger partial charge >= 0.3 is 0 Å². The van der Waals surface area contributed by atoms with Gasteiger partial charge in [0.2, 0.25) is 0 Å². The lowest BCUT2D eigenvalue weighted by Gasteiger charge is -2.15. The van der Waals surface area contributed by atoms with Gasteiger partial charge in [-0.1, -0.05) is 26.8 Å². The highest BCUT2D eigenvalue weighted by Crippen LogP contribution is 2.17. The summed E-state index contributed by atoms with van der Waals surface area (Å²) in [7, 11) is 0. The van der Waals surface area contributed by atoms with E-state index in [4.69, 9.17) is 0 Å². The van der Waals surface area contributed by atoms with Crippen molar-refractivity contribution in [2.75, 3.05) is 0 Å². The Hall–Kier alpha value is -0.590. The Balaban J connectivity index is 3.62. The Morgan fingerprint density at radius 2 is 2.00 bits per heavy atom. The summed E-state index contributed by atoms with van der Waals surface area (Å²) in [4.78, 5) is 11.3. The number of carbonyl (C=O) groups is 1. The number of unbranched alkanes of at least 4 members (excludes halogenated alkanes) is 1. The quantitative estimate of drug-likeness (QED) is 0.449. The minimum atomic E-state index is -0.166. The molecule has 0 radical (unpaired) electrons. The van der Waals surface area contributed by atoms with E-state index < -0.39 is 0 Å². The van der Waals surface area contributed by atoms with E-state index in [2.05, 4.69) is 6.58 Å². The molecule has 0 fully saturated rings. The van der Waals surface area contributed by atoms with E-state index in [0.29, 0.717) is 12.2 Å². The minimum absolute atomic E-state index is 0.166. The van der Waals surface area contributed by atoms with Gasteiger partial charge in [0.25, 0.3) is 0 Å². The standard InChI is InChI=1S/C10H18O/c1-5-6-7-8-9(11)10(2,3)4/h5H,1,6-8H2,2-4H3. The summed E-state index contributed by atoms with van der Waals surface area (Å²) in [6.45, 7) is 9.49. The maximum atomic E-state index is 11.3. The van der Waals surface area contributed by atoms with Gasteiger partial charge in [-0.05, 0) is 12.8 Å². The Morgan fingerprint density at radius 3 is 2.36 bits per heavy atom. The molecule has 0 spiro atoms. The number of ketones is 1. The highest BCUT2D eigenvalue weighted by atomic mass is 16.1. The molecule has 0 heterocycles. The maximum absolute atomic E-state index is 11.3. The smallest absolute Gasteiger partial charge is 0.138 e. The number of carbonyl (C=O) groups excluding carboxylic acids is 1. The molecule has 0 aromatic carbocycles. The Labute approximate surface area is 69.5 Å². The fraction of sp³-hybridized carbons (Fsp3) is 0.700. The minimum Gasteiger partial charge on any atom is -0.299 e. The number of hydrogen-bond acceptors (Lipinski definition) is 1. The fourth-order valence-corrected chi connectivity index (χ4v) is 0.782. The van der Waals surface area contributed by atoms with Gasteiger partial charge in [0, 0.05) is 11.8 Å². The zero-order valence-electron chi connectivity index (χ0n) is 7.81. The van der Waals surface area contributed by atoms with Crippen LogP contribution in [0, 0.1) is 5.41 Å². The van der Waals surface area contributed by atoms with Gasteiger partial charge in [0.05, 0.1) is 0 Å². The molecule has 0 aliphatic carbocycles. The molecule has 0 amide bonds. The summed E-state index contributed by atoms with van der Waals surface area (Å²) in [6.07, 6.45) is 4.44. The molecule has 0 atom stereocenters.